The van der Waals surface area contributed by atoms with Crippen molar-refractivity contribution in [1.82, 2.24) is 0 Å². The molecule has 27 heavy (non-hydrogen) atoms. The van der Waals surface area contributed by atoms with Crippen molar-refractivity contribution in [2.45, 2.75) is 24.7 Å². The predicted octanol–water partition coefficient (Wildman–Crippen LogP) is 4.29. The molecule has 1 aliphatic rings. The molecule has 1 aliphatic heterocycles. The first kappa shape index (κ1) is 19.4. The molecule has 7 nitrogen and oxygen atoms in total. The quantitative estimate of drug-likeness (QED) is 0.587. The first-order valence-corrected chi connectivity index (χ1v) is 10.4. The molecule has 0 saturated carbocycles. The highest BCUT2D eigenvalue weighted by Crippen LogP contribution is 2.29. The van der Waals surface area contributed by atoms with Crippen LogP contribution in [-0.2, 0) is 10.0 Å². The van der Waals surface area contributed by atoms with Gasteiger partial charge in [0.05, 0.1) is 9.82 Å². The standard InChI is InChI=1S/C18H20ClN3O4S/c1-13-8-10-21(11-9-13)15-4-2-14(3-5-15)20-27(25,26)16-6-7-17(19)18(12-16)22(23)24/h2-7,12-13,20H,8-11H2,1H3. The van der Waals surface area contributed by atoms with Crippen LogP contribution in [-0.4, -0.2) is 26.4 Å². The van der Waals surface area contributed by atoms with E-state index >= 15 is 0 Å². The zero-order valence-electron chi connectivity index (χ0n) is 14.8. The lowest BCUT2D eigenvalue weighted by atomic mass is 9.99. The number of nitro benzene ring substituents is 1. The van der Waals surface area contributed by atoms with Crippen LogP contribution in [0.2, 0.25) is 5.02 Å². The Morgan fingerprint density at radius 1 is 1.15 bits per heavy atom. The molecule has 0 aliphatic carbocycles. The van der Waals surface area contributed by atoms with E-state index < -0.39 is 20.6 Å². The summed E-state index contributed by atoms with van der Waals surface area (Å²) in [5.74, 6) is 0.732. The topological polar surface area (TPSA) is 92.6 Å². The average Bonchev–Trinajstić information content (AvgIpc) is 2.63. The summed E-state index contributed by atoms with van der Waals surface area (Å²) < 4.78 is 27.5. The van der Waals surface area contributed by atoms with Gasteiger partial charge in [-0.2, -0.15) is 0 Å². The first-order chi connectivity index (χ1) is 12.8. The van der Waals surface area contributed by atoms with Crippen molar-refractivity contribution < 1.29 is 13.3 Å². The summed E-state index contributed by atoms with van der Waals surface area (Å²) in [4.78, 5) is 12.3. The molecule has 1 heterocycles. The molecule has 1 saturated heterocycles. The Balaban J connectivity index is 1.76. The highest BCUT2D eigenvalue weighted by Gasteiger charge is 2.21. The van der Waals surface area contributed by atoms with Gasteiger partial charge in [-0.3, -0.25) is 14.8 Å². The molecule has 0 atom stereocenters. The fourth-order valence-electron chi connectivity index (χ4n) is 3.02. The Kier molecular flexibility index (Phi) is 5.57. The summed E-state index contributed by atoms with van der Waals surface area (Å²) in [6.45, 7) is 4.22. The Morgan fingerprint density at radius 2 is 1.78 bits per heavy atom. The Hall–Kier alpha value is -2.32. The van der Waals surface area contributed by atoms with Crippen LogP contribution < -0.4 is 9.62 Å². The third-order valence-electron chi connectivity index (χ3n) is 4.69. The smallest absolute Gasteiger partial charge is 0.289 e. The number of sulfonamides is 1. The van der Waals surface area contributed by atoms with Gasteiger partial charge in [-0.1, -0.05) is 18.5 Å². The molecular formula is C18H20ClN3O4S. The second-order valence-electron chi connectivity index (χ2n) is 6.69. The summed E-state index contributed by atoms with van der Waals surface area (Å²) in [7, 11) is -3.96. The third kappa shape index (κ3) is 4.51. The van der Waals surface area contributed by atoms with E-state index in [1.54, 1.807) is 12.1 Å². The summed E-state index contributed by atoms with van der Waals surface area (Å²) in [5, 5.41) is 10.9. The molecule has 0 spiro atoms. The Morgan fingerprint density at radius 3 is 2.37 bits per heavy atom. The van der Waals surface area contributed by atoms with Crippen molar-refractivity contribution in [2.24, 2.45) is 5.92 Å². The molecule has 144 valence electrons. The lowest BCUT2D eigenvalue weighted by Crippen LogP contribution is -2.32. The molecular weight excluding hydrogens is 390 g/mol. The molecule has 1 fully saturated rings. The van der Waals surface area contributed by atoms with Gasteiger partial charge in [-0.25, -0.2) is 8.42 Å². The number of anilines is 2. The van der Waals surface area contributed by atoms with Crippen LogP contribution in [0.1, 0.15) is 19.8 Å². The van der Waals surface area contributed by atoms with Crippen LogP contribution in [0.15, 0.2) is 47.4 Å². The molecule has 2 aromatic rings. The third-order valence-corrected chi connectivity index (χ3v) is 6.39. The summed E-state index contributed by atoms with van der Waals surface area (Å²) in [6, 6.07) is 10.5. The maximum Gasteiger partial charge on any atom is 0.289 e. The van der Waals surface area contributed by atoms with Gasteiger partial charge < -0.3 is 4.90 Å². The lowest BCUT2D eigenvalue weighted by Gasteiger charge is -2.32. The highest BCUT2D eigenvalue weighted by atomic mass is 35.5. The maximum absolute atomic E-state index is 12.5. The van der Waals surface area contributed by atoms with Gasteiger partial charge in [0.15, 0.2) is 0 Å². The minimum atomic E-state index is -3.96. The van der Waals surface area contributed by atoms with Crippen molar-refractivity contribution in [2.75, 3.05) is 22.7 Å². The van der Waals surface area contributed by atoms with Crippen LogP contribution in [0.5, 0.6) is 0 Å². The van der Waals surface area contributed by atoms with Gasteiger partial charge in [0, 0.05) is 30.5 Å². The second kappa shape index (κ2) is 7.74. The summed E-state index contributed by atoms with van der Waals surface area (Å²) in [5.41, 5.74) is 0.989. The second-order valence-corrected chi connectivity index (χ2v) is 8.78. The minimum Gasteiger partial charge on any atom is -0.372 e. The highest BCUT2D eigenvalue weighted by molar-refractivity contribution is 7.92. The fraction of sp³-hybridized carbons (Fsp3) is 0.333. The number of halogens is 1. The van der Waals surface area contributed by atoms with Crippen LogP contribution in [0.4, 0.5) is 17.1 Å². The predicted molar refractivity (Wildman–Crippen MR) is 106 cm³/mol. The first-order valence-electron chi connectivity index (χ1n) is 8.58. The van der Waals surface area contributed by atoms with Crippen LogP contribution in [0.3, 0.4) is 0 Å². The zero-order valence-corrected chi connectivity index (χ0v) is 16.3. The van der Waals surface area contributed by atoms with E-state index in [2.05, 4.69) is 16.5 Å². The molecule has 2 aromatic carbocycles. The van der Waals surface area contributed by atoms with Gasteiger partial charge in [-0.05, 0) is 55.2 Å². The van der Waals surface area contributed by atoms with Crippen molar-refractivity contribution in [3.05, 3.63) is 57.6 Å². The van der Waals surface area contributed by atoms with E-state index in [4.69, 9.17) is 11.6 Å². The minimum absolute atomic E-state index is 0.112. The van der Waals surface area contributed by atoms with E-state index in [1.165, 1.54) is 12.1 Å². The van der Waals surface area contributed by atoms with Crippen molar-refractivity contribution in [3.8, 4) is 0 Å². The van der Waals surface area contributed by atoms with E-state index in [0.717, 1.165) is 43.6 Å². The van der Waals surface area contributed by atoms with E-state index in [1.807, 2.05) is 12.1 Å². The van der Waals surface area contributed by atoms with Gasteiger partial charge in [0.2, 0.25) is 0 Å². The molecule has 0 radical (unpaired) electrons. The van der Waals surface area contributed by atoms with E-state index in [0.29, 0.717) is 5.69 Å². The SMILES string of the molecule is CC1CCN(c2ccc(NS(=O)(=O)c3ccc(Cl)c([N+](=O)[O-])c3)cc2)CC1. The van der Waals surface area contributed by atoms with Crippen LogP contribution in [0, 0.1) is 16.0 Å². The number of benzene rings is 2. The number of piperidine rings is 1. The molecule has 1 N–H and O–H groups in total. The Bertz CT molecular complexity index is 940. The van der Waals surface area contributed by atoms with E-state index in [9.17, 15) is 18.5 Å². The van der Waals surface area contributed by atoms with Crippen LogP contribution in [0.25, 0.3) is 0 Å². The number of hydrogen-bond acceptors (Lipinski definition) is 5. The summed E-state index contributed by atoms with van der Waals surface area (Å²) in [6.07, 6.45) is 2.29. The average molecular weight is 410 g/mol. The zero-order chi connectivity index (χ0) is 19.6. The van der Waals surface area contributed by atoms with Gasteiger partial charge in [0.25, 0.3) is 15.7 Å². The largest absolute Gasteiger partial charge is 0.372 e. The van der Waals surface area contributed by atoms with Crippen LogP contribution >= 0.6 is 11.6 Å². The number of nitrogens with one attached hydrogen (secondary N) is 1. The van der Waals surface area contributed by atoms with E-state index in [-0.39, 0.29) is 9.92 Å². The fourth-order valence-corrected chi connectivity index (χ4v) is 4.29. The molecule has 0 bridgehead atoms. The van der Waals surface area contributed by atoms with Gasteiger partial charge in [-0.15, -0.1) is 0 Å². The maximum atomic E-state index is 12.5. The number of rotatable bonds is 5. The van der Waals surface area contributed by atoms with Crippen molar-refractivity contribution >= 4 is 38.7 Å². The number of nitro groups is 1. The van der Waals surface area contributed by atoms with Crippen molar-refractivity contribution in [3.63, 3.8) is 0 Å². The van der Waals surface area contributed by atoms with Gasteiger partial charge >= 0.3 is 0 Å². The molecule has 0 aromatic heterocycles. The van der Waals surface area contributed by atoms with Crippen molar-refractivity contribution in [1.29, 1.82) is 0 Å². The normalized spacial score (nSPS) is 15.6. The lowest BCUT2D eigenvalue weighted by molar-refractivity contribution is -0.384. The Labute approximate surface area is 163 Å². The summed E-state index contributed by atoms with van der Waals surface area (Å²) >= 11 is 5.74. The van der Waals surface area contributed by atoms with Gasteiger partial charge in [0.1, 0.15) is 5.02 Å². The molecule has 0 unspecified atom stereocenters. The molecule has 3 rings (SSSR count). The monoisotopic (exact) mass is 409 g/mol. The number of nitrogens with zero attached hydrogens (tertiary/aromatic N) is 2. The number of hydrogen-bond donors (Lipinski definition) is 1. The molecule has 0 amide bonds. The molecule has 9 heteroatoms.